The molecule has 15 saturated carbocycles. The molecule has 35 heavy (non-hydrogen) atoms. The molecule has 0 aliphatic heterocycles. The highest BCUT2D eigenvalue weighted by molar-refractivity contribution is 5.68. The van der Waals surface area contributed by atoms with Crippen molar-refractivity contribution in [1.82, 2.24) is 0 Å². The quantitative estimate of drug-likeness (QED) is 0.352. The molecule has 0 bridgehead atoms. The molecule has 0 amide bonds. The molecule has 0 heterocycles. The Bertz CT molecular complexity index is 1500. The monoisotopic (exact) mass is 460 g/mol. The number of hydrogen-bond acceptors (Lipinski definition) is 0. The van der Waals surface area contributed by atoms with Crippen LogP contribution in [0.1, 0.15) is 110 Å². The van der Waals surface area contributed by atoms with Crippen LogP contribution < -0.4 is 0 Å². The predicted octanol–water partition coefficient (Wildman–Crippen LogP) is 7.68. The minimum Gasteiger partial charge on any atom is -0.0995 e. The molecule has 0 radical (unpaired) electrons. The topological polar surface area (TPSA) is 0 Å². The van der Waals surface area contributed by atoms with Gasteiger partial charge in [-0.2, -0.15) is 0 Å². The summed E-state index contributed by atoms with van der Waals surface area (Å²) in [6.07, 6.45) is 25.3. The van der Waals surface area contributed by atoms with Crippen molar-refractivity contribution in [2.75, 3.05) is 0 Å². The highest BCUT2D eigenvalue weighted by atomic mass is 15.2. The smallest absolute Gasteiger partial charge is 0.0134 e. The van der Waals surface area contributed by atoms with Crippen LogP contribution in [0.3, 0.4) is 0 Å². The van der Waals surface area contributed by atoms with Gasteiger partial charge in [-0.05, 0) is 184 Å². The molecule has 0 aromatic heterocycles. The molecule has 0 aromatic rings. The third-order valence-electron chi connectivity index (χ3n) is 21.2. The van der Waals surface area contributed by atoms with Gasteiger partial charge in [-0.1, -0.05) is 26.0 Å². The van der Waals surface area contributed by atoms with E-state index in [1.54, 1.807) is 95.5 Å². The van der Waals surface area contributed by atoms with Crippen molar-refractivity contribution in [2.45, 2.75) is 110 Å². The minimum absolute atomic E-state index is 0.721. The van der Waals surface area contributed by atoms with Gasteiger partial charge in [-0.15, -0.1) is 0 Å². The molecule has 13 spiro atoms. The van der Waals surface area contributed by atoms with Gasteiger partial charge in [-0.3, -0.25) is 0 Å². The van der Waals surface area contributed by atoms with Crippen LogP contribution in [0, 0.1) is 87.6 Å². The summed E-state index contributed by atoms with van der Waals surface area (Å²) < 4.78 is 0. The van der Waals surface area contributed by atoms with Crippen LogP contribution in [0.25, 0.3) is 0 Å². The first-order valence-corrected chi connectivity index (χ1v) is 16.2. The molecule has 0 saturated heterocycles. The lowest BCUT2D eigenvalue weighted by molar-refractivity contribution is 0.442. The lowest BCUT2D eigenvalue weighted by Gasteiger charge is -2.02. The van der Waals surface area contributed by atoms with E-state index >= 15 is 0 Å². The molecule has 180 valence electrons. The van der Waals surface area contributed by atoms with Crippen molar-refractivity contribution in [3.8, 4) is 0 Å². The summed E-state index contributed by atoms with van der Waals surface area (Å²) in [4.78, 5) is 0. The summed E-state index contributed by atoms with van der Waals surface area (Å²) in [6, 6.07) is 0. The molecule has 15 unspecified atom stereocenters. The standard InChI is InChI=1S/C35H40/c1-19-4-20(19)21-5-23(21)7-25(23)9-27(25)11-29(27)13-31(29)15-33(31)17-35(33)18-34(35)16-32(34)14-30(32)12-28(30)10-26(28)8-24(26)6-22(24,2)3/h20-21H,1,4-18H2,2-3H3. The highest BCUT2D eigenvalue weighted by Gasteiger charge is 3.20. The van der Waals surface area contributed by atoms with Crippen LogP contribution in [-0.2, 0) is 0 Å². The average molecular weight is 461 g/mol. The van der Waals surface area contributed by atoms with Gasteiger partial charge in [0.15, 0.2) is 0 Å². The van der Waals surface area contributed by atoms with E-state index in [9.17, 15) is 0 Å². The second-order valence-corrected chi connectivity index (χ2v) is 20.6. The number of rotatable bonds is 1. The maximum atomic E-state index is 4.34. The fourth-order valence-corrected chi connectivity index (χ4v) is 19.2. The predicted molar refractivity (Wildman–Crippen MR) is 131 cm³/mol. The fourth-order valence-electron chi connectivity index (χ4n) is 19.2. The Morgan fingerprint density at radius 2 is 0.800 bits per heavy atom. The zero-order valence-corrected chi connectivity index (χ0v) is 22.0. The van der Waals surface area contributed by atoms with Gasteiger partial charge in [0.1, 0.15) is 0 Å². The van der Waals surface area contributed by atoms with E-state index in [-0.39, 0.29) is 0 Å². The Kier molecular flexibility index (Phi) is 1.48. The van der Waals surface area contributed by atoms with E-state index in [0.717, 1.165) is 87.6 Å². The molecular weight excluding hydrogens is 420 g/mol. The Hall–Kier alpha value is -0.260. The molecule has 15 aliphatic rings. The molecule has 15 fully saturated rings. The van der Waals surface area contributed by atoms with Gasteiger partial charge in [-0.25, -0.2) is 0 Å². The fraction of sp³-hybridized carbons (Fsp3) is 0.943. The van der Waals surface area contributed by atoms with E-state index in [1.807, 2.05) is 0 Å². The Balaban J connectivity index is 0.725. The van der Waals surface area contributed by atoms with Crippen LogP contribution in [0.2, 0.25) is 0 Å². The van der Waals surface area contributed by atoms with Gasteiger partial charge in [0, 0.05) is 0 Å². The third kappa shape index (κ3) is 0.964. The van der Waals surface area contributed by atoms with E-state index in [0.29, 0.717) is 0 Å². The zero-order chi connectivity index (χ0) is 22.3. The molecular formula is C35H40. The van der Waals surface area contributed by atoms with Gasteiger partial charge in [0.25, 0.3) is 0 Å². The summed E-state index contributed by atoms with van der Waals surface area (Å²) in [6.45, 7) is 9.55. The third-order valence-corrected chi connectivity index (χ3v) is 21.2. The van der Waals surface area contributed by atoms with Crippen molar-refractivity contribution >= 4 is 0 Å². The van der Waals surface area contributed by atoms with E-state index in [4.69, 9.17) is 0 Å². The summed E-state index contributed by atoms with van der Waals surface area (Å²) >= 11 is 0. The van der Waals surface area contributed by atoms with E-state index in [1.165, 1.54) is 6.42 Å². The second kappa shape index (κ2) is 3.12. The SMILES string of the molecule is C=C1CC1C1CC12CC21CC12CC21CC12CC21CC12CC21CC12CC21CC12CC21CC12CC2(C)C. The zero-order valence-electron chi connectivity index (χ0n) is 22.0. The van der Waals surface area contributed by atoms with Crippen LogP contribution in [0.5, 0.6) is 0 Å². The van der Waals surface area contributed by atoms with Crippen molar-refractivity contribution in [3.05, 3.63) is 12.2 Å². The van der Waals surface area contributed by atoms with Gasteiger partial charge >= 0.3 is 0 Å². The molecule has 15 rings (SSSR count). The first kappa shape index (κ1) is 16.6. The molecule has 15 aliphatic carbocycles. The van der Waals surface area contributed by atoms with Crippen LogP contribution in [0.4, 0.5) is 0 Å². The molecule has 0 N–H and O–H groups in total. The van der Waals surface area contributed by atoms with Crippen LogP contribution >= 0.6 is 0 Å². The molecule has 15 atom stereocenters. The summed E-state index contributed by atoms with van der Waals surface area (Å²) in [5.74, 6) is 2.11. The van der Waals surface area contributed by atoms with Gasteiger partial charge in [0.05, 0.1) is 0 Å². The Labute approximate surface area is 209 Å². The molecule has 0 heteroatoms. The van der Waals surface area contributed by atoms with Crippen molar-refractivity contribution in [2.24, 2.45) is 87.6 Å². The van der Waals surface area contributed by atoms with Gasteiger partial charge < -0.3 is 0 Å². The Morgan fingerprint density at radius 1 is 0.486 bits per heavy atom. The summed E-state index contributed by atoms with van der Waals surface area (Å²) in [7, 11) is 0. The molecule has 0 aromatic carbocycles. The Morgan fingerprint density at radius 3 is 1.14 bits per heavy atom. The van der Waals surface area contributed by atoms with E-state index < -0.39 is 0 Å². The maximum Gasteiger partial charge on any atom is -0.0134 e. The number of allylic oxidation sites excluding steroid dienone is 1. The first-order valence-electron chi connectivity index (χ1n) is 16.2. The van der Waals surface area contributed by atoms with Crippen molar-refractivity contribution in [3.63, 3.8) is 0 Å². The summed E-state index contributed by atoms with van der Waals surface area (Å²) in [5.41, 5.74) is 14.4. The van der Waals surface area contributed by atoms with Crippen LogP contribution in [0.15, 0.2) is 12.2 Å². The molecule has 0 nitrogen and oxygen atoms in total. The lowest BCUT2D eigenvalue weighted by Crippen LogP contribution is -1.99. The largest absolute Gasteiger partial charge is 0.0995 e. The van der Waals surface area contributed by atoms with Crippen LogP contribution in [-0.4, -0.2) is 0 Å². The first-order chi connectivity index (χ1) is 16.6. The van der Waals surface area contributed by atoms with Crippen molar-refractivity contribution < 1.29 is 0 Å². The summed E-state index contributed by atoms with van der Waals surface area (Å²) in [5, 5.41) is 0. The number of fused-ring (bicyclic) bond motifs is 12. The normalized spacial score (nSPS) is 91.8. The minimum atomic E-state index is 0.721. The maximum absolute atomic E-state index is 4.34. The van der Waals surface area contributed by atoms with Crippen molar-refractivity contribution in [1.29, 1.82) is 0 Å². The van der Waals surface area contributed by atoms with E-state index in [2.05, 4.69) is 20.4 Å². The lowest BCUT2D eigenvalue weighted by atomic mass is 10.0. The number of hydrogen-bond donors (Lipinski definition) is 0. The van der Waals surface area contributed by atoms with Gasteiger partial charge in [0.2, 0.25) is 0 Å². The highest BCUT2D eigenvalue weighted by Crippen LogP contribution is 3.26. The second-order valence-electron chi connectivity index (χ2n) is 20.6. The average Bonchev–Trinajstić information content (AvgIpc) is 3.55.